The van der Waals surface area contributed by atoms with E-state index in [1.54, 1.807) is 14.2 Å². The summed E-state index contributed by atoms with van der Waals surface area (Å²) in [5.41, 5.74) is 12.4. The molecular formula is C13H22N2O2. The first kappa shape index (κ1) is 13.8. The summed E-state index contributed by atoms with van der Waals surface area (Å²) < 4.78 is 10.6. The summed E-state index contributed by atoms with van der Waals surface area (Å²) in [6.45, 7) is 3.21. The molecule has 0 aliphatic heterocycles. The number of hydrogen-bond donors (Lipinski definition) is 2. The maximum atomic E-state index is 5.89. The van der Waals surface area contributed by atoms with E-state index in [2.05, 4.69) is 6.92 Å². The van der Waals surface area contributed by atoms with Crippen LogP contribution in [0.4, 0.5) is 0 Å². The van der Waals surface area contributed by atoms with Crippen molar-refractivity contribution in [2.75, 3.05) is 27.3 Å². The van der Waals surface area contributed by atoms with Crippen LogP contribution in [0.2, 0.25) is 0 Å². The molecule has 1 aromatic rings. The van der Waals surface area contributed by atoms with Crippen molar-refractivity contribution in [3.63, 3.8) is 0 Å². The van der Waals surface area contributed by atoms with Crippen molar-refractivity contribution < 1.29 is 9.47 Å². The molecule has 96 valence electrons. The number of rotatable bonds is 6. The number of hydrogen-bond acceptors (Lipinski definition) is 4. The Morgan fingerprint density at radius 2 is 1.88 bits per heavy atom. The van der Waals surface area contributed by atoms with Crippen LogP contribution in [0.5, 0.6) is 11.5 Å². The molecule has 0 spiro atoms. The molecule has 1 aromatic carbocycles. The molecular weight excluding hydrogens is 216 g/mol. The summed E-state index contributed by atoms with van der Waals surface area (Å²) >= 11 is 0. The SMILES string of the molecule is COc1ccc(OC)c([C@@](C)(CN)CCN)c1. The van der Waals surface area contributed by atoms with Crippen LogP contribution in [0.3, 0.4) is 0 Å². The highest BCUT2D eigenvalue weighted by molar-refractivity contribution is 5.45. The Bertz CT molecular complexity index is 368. The second-order valence-electron chi connectivity index (χ2n) is 4.37. The van der Waals surface area contributed by atoms with E-state index in [4.69, 9.17) is 20.9 Å². The Morgan fingerprint density at radius 1 is 1.18 bits per heavy atom. The van der Waals surface area contributed by atoms with Crippen molar-refractivity contribution in [3.8, 4) is 11.5 Å². The van der Waals surface area contributed by atoms with Crippen molar-refractivity contribution in [1.29, 1.82) is 0 Å². The molecule has 1 atom stereocenters. The first-order chi connectivity index (χ1) is 8.11. The average molecular weight is 238 g/mol. The Morgan fingerprint density at radius 3 is 2.35 bits per heavy atom. The summed E-state index contributed by atoms with van der Waals surface area (Å²) in [7, 11) is 3.30. The summed E-state index contributed by atoms with van der Waals surface area (Å²) in [5.74, 6) is 1.63. The fraction of sp³-hybridized carbons (Fsp3) is 0.538. The third-order valence-corrected chi connectivity index (χ3v) is 3.20. The fourth-order valence-corrected chi connectivity index (χ4v) is 1.95. The molecule has 0 aliphatic carbocycles. The minimum absolute atomic E-state index is 0.186. The molecule has 0 fully saturated rings. The fourth-order valence-electron chi connectivity index (χ4n) is 1.95. The summed E-state index contributed by atoms with van der Waals surface area (Å²) in [5, 5.41) is 0. The largest absolute Gasteiger partial charge is 0.497 e. The van der Waals surface area contributed by atoms with Gasteiger partial charge in [0, 0.05) is 17.5 Å². The lowest BCUT2D eigenvalue weighted by molar-refractivity contribution is 0.371. The van der Waals surface area contributed by atoms with Gasteiger partial charge < -0.3 is 20.9 Å². The lowest BCUT2D eigenvalue weighted by Gasteiger charge is -2.30. The second-order valence-corrected chi connectivity index (χ2v) is 4.37. The molecule has 17 heavy (non-hydrogen) atoms. The molecule has 0 heterocycles. The van der Waals surface area contributed by atoms with E-state index in [9.17, 15) is 0 Å². The van der Waals surface area contributed by atoms with Crippen molar-refractivity contribution >= 4 is 0 Å². The highest BCUT2D eigenvalue weighted by Crippen LogP contribution is 2.36. The van der Waals surface area contributed by atoms with Crippen LogP contribution < -0.4 is 20.9 Å². The molecule has 0 amide bonds. The molecule has 0 unspecified atom stereocenters. The zero-order chi connectivity index (χ0) is 12.9. The predicted octanol–water partition coefficient (Wildman–Crippen LogP) is 1.27. The van der Waals surface area contributed by atoms with Crippen LogP contribution in [0, 0.1) is 0 Å². The zero-order valence-corrected chi connectivity index (χ0v) is 10.8. The van der Waals surface area contributed by atoms with Crippen molar-refractivity contribution in [1.82, 2.24) is 0 Å². The number of nitrogens with two attached hydrogens (primary N) is 2. The Hall–Kier alpha value is -1.26. The van der Waals surface area contributed by atoms with Crippen LogP contribution in [0.25, 0.3) is 0 Å². The lowest BCUT2D eigenvalue weighted by Crippen LogP contribution is -2.34. The summed E-state index contributed by atoms with van der Waals surface area (Å²) in [6.07, 6.45) is 0.813. The van der Waals surface area contributed by atoms with Gasteiger partial charge in [-0.05, 0) is 31.2 Å². The van der Waals surface area contributed by atoms with Gasteiger partial charge in [-0.3, -0.25) is 0 Å². The molecule has 0 radical (unpaired) electrons. The summed E-state index contributed by atoms with van der Waals surface area (Å²) in [6, 6.07) is 5.75. The second kappa shape index (κ2) is 5.89. The van der Waals surface area contributed by atoms with Crippen LogP contribution >= 0.6 is 0 Å². The molecule has 0 aliphatic rings. The van der Waals surface area contributed by atoms with Gasteiger partial charge >= 0.3 is 0 Å². The molecule has 4 nitrogen and oxygen atoms in total. The minimum Gasteiger partial charge on any atom is -0.497 e. The van der Waals surface area contributed by atoms with Gasteiger partial charge in [0.2, 0.25) is 0 Å². The van der Waals surface area contributed by atoms with Crippen molar-refractivity contribution in [2.45, 2.75) is 18.8 Å². The van der Waals surface area contributed by atoms with Gasteiger partial charge in [0.25, 0.3) is 0 Å². The monoisotopic (exact) mass is 238 g/mol. The van der Waals surface area contributed by atoms with Crippen LogP contribution in [0.15, 0.2) is 18.2 Å². The van der Waals surface area contributed by atoms with Crippen LogP contribution in [-0.4, -0.2) is 27.3 Å². The van der Waals surface area contributed by atoms with E-state index in [0.29, 0.717) is 13.1 Å². The van der Waals surface area contributed by atoms with Gasteiger partial charge in [0.1, 0.15) is 11.5 Å². The molecule has 4 N–H and O–H groups in total. The molecule has 0 saturated heterocycles. The van der Waals surface area contributed by atoms with E-state index in [-0.39, 0.29) is 5.41 Å². The van der Waals surface area contributed by atoms with Crippen molar-refractivity contribution in [3.05, 3.63) is 23.8 Å². The van der Waals surface area contributed by atoms with E-state index >= 15 is 0 Å². The van der Waals surface area contributed by atoms with Gasteiger partial charge in [-0.1, -0.05) is 6.92 Å². The zero-order valence-electron chi connectivity index (χ0n) is 10.8. The van der Waals surface area contributed by atoms with E-state index in [0.717, 1.165) is 23.5 Å². The third kappa shape index (κ3) is 2.90. The van der Waals surface area contributed by atoms with Gasteiger partial charge in [-0.15, -0.1) is 0 Å². The number of ether oxygens (including phenoxy) is 2. The molecule has 0 aromatic heterocycles. The average Bonchev–Trinajstić information content (AvgIpc) is 2.38. The van der Waals surface area contributed by atoms with Gasteiger partial charge in [-0.25, -0.2) is 0 Å². The van der Waals surface area contributed by atoms with Crippen molar-refractivity contribution in [2.24, 2.45) is 11.5 Å². The number of methoxy groups -OCH3 is 2. The predicted molar refractivity (Wildman–Crippen MR) is 69.6 cm³/mol. The standard InChI is InChI=1S/C13H22N2O2/c1-13(9-15,6-7-14)11-8-10(16-2)4-5-12(11)17-3/h4-5,8H,6-7,9,14-15H2,1-3H3/t13-/m1/s1. The Kier molecular flexibility index (Phi) is 4.78. The van der Waals surface area contributed by atoms with Gasteiger partial charge in [0.05, 0.1) is 14.2 Å². The Labute approximate surface area is 103 Å². The highest BCUT2D eigenvalue weighted by atomic mass is 16.5. The highest BCUT2D eigenvalue weighted by Gasteiger charge is 2.28. The van der Waals surface area contributed by atoms with Gasteiger partial charge in [0.15, 0.2) is 0 Å². The normalized spacial score (nSPS) is 14.2. The van der Waals surface area contributed by atoms with Crippen LogP contribution in [-0.2, 0) is 5.41 Å². The van der Waals surface area contributed by atoms with E-state index < -0.39 is 0 Å². The van der Waals surface area contributed by atoms with E-state index in [1.165, 1.54) is 0 Å². The first-order valence-electron chi connectivity index (χ1n) is 5.74. The van der Waals surface area contributed by atoms with E-state index in [1.807, 2.05) is 18.2 Å². The molecule has 4 heteroatoms. The minimum atomic E-state index is -0.186. The van der Waals surface area contributed by atoms with Crippen LogP contribution in [0.1, 0.15) is 18.9 Å². The molecule has 0 saturated carbocycles. The smallest absolute Gasteiger partial charge is 0.122 e. The third-order valence-electron chi connectivity index (χ3n) is 3.20. The molecule has 0 bridgehead atoms. The Balaban J connectivity index is 3.24. The topological polar surface area (TPSA) is 70.5 Å². The maximum absolute atomic E-state index is 5.89. The number of benzene rings is 1. The van der Waals surface area contributed by atoms with Gasteiger partial charge in [-0.2, -0.15) is 0 Å². The molecule has 1 rings (SSSR count). The maximum Gasteiger partial charge on any atom is 0.122 e. The summed E-state index contributed by atoms with van der Waals surface area (Å²) in [4.78, 5) is 0. The quantitative estimate of drug-likeness (QED) is 0.783. The first-order valence-corrected chi connectivity index (χ1v) is 5.74. The lowest BCUT2D eigenvalue weighted by atomic mass is 9.79.